The maximum Gasteiger partial charge on any atom is 0.291 e. The van der Waals surface area contributed by atoms with Crippen molar-refractivity contribution in [3.05, 3.63) is 41.6 Å². The first-order valence-electron chi connectivity index (χ1n) is 12.3. The summed E-state index contributed by atoms with van der Waals surface area (Å²) in [5.41, 5.74) is 7.56. The summed E-state index contributed by atoms with van der Waals surface area (Å²) >= 11 is 0. The molecule has 0 radical (unpaired) electrons. The van der Waals surface area contributed by atoms with E-state index < -0.39 is 23.4 Å². The SMILES string of the molecule is CC1(C)CC=C(c2nc(C3C[C@@]4(C)O[C@@](C)(C3)[C@H](O)[C@@H]4O)ccc2NC(=O)c2nc(N)c[nH]2)CC1. The third-order valence-electron chi connectivity index (χ3n) is 7.99. The number of nitrogens with one attached hydrogen (secondary N) is 2. The Morgan fingerprint density at radius 1 is 1.14 bits per heavy atom. The van der Waals surface area contributed by atoms with Crippen LogP contribution in [0.1, 0.15) is 87.7 Å². The lowest BCUT2D eigenvalue weighted by Crippen LogP contribution is -2.43. The lowest BCUT2D eigenvalue weighted by atomic mass is 9.77. The van der Waals surface area contributed by atoms with Crippen molar-refractivity contribution in [3.8, 4) is 0 Å². The van der Waals surface area contributed by atoms with Crippen LogP contribution in [-0.2, 0) is 4.74 Å². The lowest BCUT2D eigenvalue weighted by Gasteiger charge is -2.41. The van der Waals surface area contributed by atoms with Gasteiger partial charge in [0, 0.05) is 17.8 Å². The molecule has 9 heteroatoms. The van der Waals surface area contributed by atoms with E-state index in [1.807, 2.05) is 26.0 Å². The largest absolute Gasteiger partial charge is 0.387 e. The molecule has 1 aliphatic carbocycles. The van der Waals surface area contributed by atoms with Gasteiger partial charge in [0.2, 0.25) is 0 Å². The zero-order valence-electron chi connectivity index (χ0n) is 20.8. The number of hydrogen-bond donors (Lipinski definition) is 5. The van der Waals surface area contributed by atoms with Gasteiger partial charge in [-0.05, 0) is 69.1 Å². The Labute approximate surface area is 205 Å². The summed E-state index contributed by atoms with van der Waals surface area (Å²) in [6.07, 6.45) is 5.74. The Bertz CT molecular complexity index is 1170. The summed E-state index contributed by atoms with van der Waals surface area (Å²) in [4.78, 5) is 24.7. The minimum atomic E-state index is -0.945. The van der Waals surface area contributed by atoms with E-state index in [9.17, 15) is 15.0 Å². The molecule has 2 fully saturated rings. The average Bonchev–Trinajstić information content (AvgIpc) is 3.28. The highest BCUT2D eigenvalue weighted by atomic mass is 16.6. The molecule has 2 bridgehead atoms. The van der Waals surface area contributed by atoms with Gasteiger partial charge in [0.15, 0.2) is 5.82 Å². The van der Waals surface area contributed by atoms with E-state index >= 15 is 0 Å². The van der Waals surface area contributed by atoms with Crippen LogP contribution in [0.2, 0.25) is 0 Å². The maximum absolute atomic E-state index is 12.8. The second-order valence-corrected chi connectivity index (χ2v) is 11.6. The van der Waals surface area contributed by atoms with Crippen LogP contribution in [-0.4, -0.2) is 54.5 Å². The summed E-state index contributed by atoms with van der Waals surface area (Å²) < 4.78 is 6.13. The quantitative estimate of drug-likeness (QED) is 0.450. The number of H-pyrrole nitrogens is 1. The van der Waals surface area contributed by atoms with Crippen LogP contribution in [0.5, 0.6) is 0 Å². The summed E-state index contributed by atoms with van der Waals surface area (Å²) in [5.74, 6) is 0.00636. The summed E-state index contributed by atoms with van der Waals surface area (Å²) in [7, 11) is 0. The third-order valence-corrected chi connectivity index (χ3v) is 7.99. The van der Waals surface area contributed by atoms with E-state index in [4.69, 9.17) is 15.5 Å². The number of nitrogens with zero attached hydrogens (tertiary/aromatic N) is 2. The Hall–Kier alpha value is -2.75. The van der Waals surface area contributed by atoms with E-state index in [0.717, 1.165) is 36.2 Å². The predicted molar refractivity (Wildman–Crippen MR) is 133 cm³/mol. The highest BCUT2D eigenvalue weighted by Gasteiger charge is 2.62. The number of nitrogens with two attached hydrogens (primary N) is 1. The molecule has 3 aliphatic rings. The van der Waals surface area contributed by atoms with Gasteiger partial charge in [-0.2, -0.15) is 0 Å². The Kier molecular flexibility index (Phi) is 5.58. The summed E-state index contributed by atoms with van der Waals surface area (Å²) in [6, 6.07) is 3.81. The fourth-order valence-electron chi connectivity index (χ4n) is 5.88. The highest BCUT2D eigenvalue weighted by Crippen LogP contribution is 2.53. The molecule has 5 atom stereocenters. The van der Waals surface area contributed by atoms with Gasteiger partial charge in [-0.1, -0.05) is 19.9 Å². The van der Waals surface area contributed by atoms with Gasteiger partial charge in [-0.25, -0.2) is 4.98 Å². The lowest BCUT2D eigenvalue weighted by molar-refractivity contribution is -0.153. The average molecular weight is 482 g/mol. The molecular formula is C26H35N5O4. The van der Waals surface area contributed by atoms with Crippen LogP contribution in [0.15, 0.2) is 24.4 Å². The molecule has 0 saturated carbocycles. The number of amides is 1. The van der Waals surface area contributed by atoms with Crippen LogP contribution in [0.25, 0.3) is 5.57 Å². The number of nitrogen functional groups attached to an aromatic ring is 1. The molecule has 0 aromatic carbocycles. The Morgan fingerprint density at radius 2 is 1.83 bits per heavy atom. The molecule has 9 nitrogen and oxygen atoms in total. The number of fused-ring (bicyclic) bond motifs is 2. The molecule has 2 aromatic heterocycles. The normalized spacial score (nSPS) is 33.9. The van der Waals surface area contributed by atoms with Crippen molar-refractivity contribution >= 4 is 23.0 Å². The van der Waals surface area contributed by atoms with Gasteiger partial charge < -0.3 is 31.0 Å². The number of rotatable bonds is 4. The third kappa shape index (κ3) is 4.26. The van der Waals surface area contributed by atoms with Gasteiger partial charge in [0.05, 0.1) is 22.6 Å². The van der Waals surface area contributed by atoms with Crippen LogP contribution >= 0.6 is 0 Å². The zero-order chi connectivity index (χ0) is 25.2. The van der Waals surface area contributed by atoms with E-state index in [0.29, 0.717) is 18.5 Å². The van der Waals surface area contributed by atoms with E-state index in [-0.39, 0.29) is 28.9 Å². The number of carbonyl (C=O) groups is 1. The molecule has 4 heterocycles. The molecule has 2 saturated heterocycles. The number of aromatic amines is 1. The molecule has 2 aromatic rings. The smallest absolute Gasteiger partial charge is 0.291 e. The van der Waals surface area contributed by atoms with Gasteiger partial charge in [0.25, 0.3) is 5.91 Å². The van der Waals surface area contributed by atoms with Crippen molar-refractivity contribution in [2.75, 3.05) is 11.1 Å². The Morgan fingerprint density at radius 3 is 2.40 bits per heavy atom. The van der Waals surface area contributed by atoms with Crippen LogP contribution in [0.4, 0.5) is 11.5 Å². The minimum Gasteiger partial charge on any atom is -0.387 e. The van der Waals surface area contributed by atoms with Crippen LogP contribution in [0.3, 0.4) is 0 Å². The summed E-state index contributed by atoms with van der Waals surface area (Å²) in [5, 5.41) is 24.2. The first-order chi connectivity index (χ1) is 16.4. The number of anilines is 2. The van der Waals surface area contributed by atoms with Crippen molar-refractivity contribution < 1.29 is 19.7 Å². The number of allylic oxidation sites excluding steroid dienone is 2. The molecule has 1 unspecified atom stereocenters. The summed E-state index contributed by atoms with van der Waals surface area (Å²) in [6.45, 7) is 8.22. The molecule has 5 rings (SSSR count). The van der Waals surface area contributed by atoms with Crippen LogP contribution < -0.4 is 11.1 Å². The monoisotopic (exact) mass is 481 g/mol. The maximum atomic E-state index is 12.8. The number of hydrogen-bond acceptors (Lipinski definition) is 7. The van der Waals surface area contributed by atoms with E-state index in [1.54, 1.807) is 0 Å². The second kappa shape index (κ2) is 8.15. The van der Waals surface area contributed by atoms with Crippen molar-refractivity contribution in [3.63, 3.8) is 0 Å². The van der Waals surface area contributed by atoms with E-state index in [1.165, 1.54) is 6.20 Å². The second-order valence-electron chi connectivity index (χ2n) is 11.6. The van der Waals surface area contributed by atoms with Gasteiger partial charge >= 0.3 is 0 Å². The topological polar surface area (TPSA) is 146 Å². The number of carbonyl (C=O) groups excluding carboxylic acids is 1. The Balaban J connectivity index is 1.50. The number of ether oxygens (including phenoxy) is 1. The number of pyridine rings is 1. The molecule has 6 N–H and O–H groups in total. The first-order valence-corrected chi connectivity index (χ1v) is 12.3. The fourth-order valence-corrected chi connectivity index (χ4v) is 5.88. The van der Waals surface area contributed by atoms with Gasteiger partial charge in [0.1, 0.15) is 18.0 Å². The molecule has 35 heavy (non-hydrogen) atoms. The minimum absolute atomic E-state index is 0.000412. The molecule has 0 spiro atoms. The van der Waals surface area contributed by atoms with E-state index in [2.05, 4.69) is 35.2 Å². The van der Waals surface area contributed by atoms with Crippen molar-refractivity contribution in [2.24, 2.45) is 5.41 Å². The zero-order valence-corrected chi connectivity index (χ0v) is 20.8. The molecule has 188 valence electrons. The van der Waals surface area contributed by atoms with Crippen molar-refractivity contribution in [1.82, 2.24) is 15.0 Å². The first kappa shape index (κ1) is 24.0. The molecule has 1 amide bonds. The number of imidazole rings is 1. The number of aliphatic hydroxyl groups is 2. The predicted octanol–water partition coefficient (Wildman–Crippen LogP) is 3.38. The molecule has 2 aliphatic heterocycles. The standard InChI is InChI=1S/C26H35N5O4/c1-24(2)9-7-14(8-10-24)19-17(30-23(34)22-28-13-18(27)31-22)6-5-16(29-19)15-11-25(3)20(32)21(33)26(4,12-15)35-25/h5-7,13,15,20-21,32-33H,8-12,27H2,1-4H3,(H,28,31)(H,30,34)/t15?,20-,21+,25+,26-. The highest BCUT2D eigenvalue weighted by molar-refractivity contribution is 6.03. The number of aromatic nitrogens is 3. The van der Waals surface area contributed by atoms with Crippen molar-refractivity contribution in [2.45, 2.75) is 89.1 Å². The van der Waals surface area contributed by atoms with Crippen LogP contribution in [0, 0.1) is 5.41 Å². The number of aliphatic hydroxyl groups excluding tert-OH is 2. The van der Waals surface area contributed by atoms with Gasteiger partial charge in [-0.3, -0.25) is 9.78 Å². The van der Waals surface area contributed by atoms with Gasteiger partial charge in [-0.15, -0.1) is 0 Å². The molecular weight excluding hydrogens is 446 g/mol. The fraction of sp³-hybridized carbons (Fsp3) is 0.577. The van der Waals surface area contributed by atoms with Crippen molar-refractivity contribution in [1.29, 1.82) is 0 Å².